The molecule has 1 aromatic heterocycles. The number of hydrogen-bond donors (Lipinski definition) is 1. The molecule has 1 N–H and O–H groups in total. The predicted molar refractivity (Wildman–Crippen MR) is 95.8 cm³/mol. The number of ether oxygens (including phenoxy) is 3. The molecule has 0 aliphatic rings. The van der Waals surface area contributed by atoms with Gasteiger partial charge >= 0.3 is 0 Å². The molecule has 1 heterocycles. The Morgan fingerprint density at radius 3 is 2.28 bits per heavy atom. The smallest absolute Gasteiger partial charge is 0.203 e. The molecular weight excluding hydrogens is 318 g/mol. The van der Waals surface area contributed by atoms with Crippen molar-refractivity contribution in [1.29, 1.82) is 5.26 Å². The first kappa shape index (κ1) is 16.4. The number of aromatic nitrogens is 1. The van der Waals surface area contributed by atoms with E-state index in [4.69, 9.17) is 19.5 Å². The summed E-state index contributed by atoms with van der Waals surface area (Å²) in [6, 6.07) is 13.1. The molecule has 6 nitrogen and oxygen atoms in total. The van der Waals surface area contributed by atoms with Crippen molar-refractivity contribution in [2.75, 3.05) is 26.6 Å². The molecule has 25 heavy (non-hydrogen) atoms. The van der Waals surface area contributed by atoms with Gasteiger partial charge in [0.2, 0.25) is 5.75 Å². The summed E-state index contributed by atoms with van der Waals surface area (Å²) in [5.41, 5.74) is 2.97. The number of nitrogens with zero attached hydrogens (tertiary/aromatic N) is 2. The highest BCUT2D eigenvalue weighted by Crippen LogP contribution is 2.41. The molecule has 126 valence electrons. The van der Waals surface area contributed by atoms with Crippen molar-refractivity contribution in [2.24, 2.45) is 0 Å². The van der Waals surface area contributed by atoms with Gasteiger partial charge in [0.15, 0.2) is 11.5 Å². The minimum Gasteiger partial charge on any atom is -0.493 e. The van der Waals surface area contributed by atoms with E-state index in [-0.39, 0.29) is 0 Å². The Morgan fingerprint density at radius 1 is 0.960 bits per heavy atom. The molecule has 0 amide bonds. The molecular formula is C19H17N3O3. The Kier molecular flexibility index (Phi) is 4.57. The highest BCUT2D eigenvalue weighted by molar-refractivity contribution is 5.93. The molecule has 0 atom stereocenters. The summed E-state index contributed by atoms with van der Waals surface area (Å²) < 4.78 is 16.1. The van der Waals surface area contributed by atoms with Crippen LogP contribution >= 0.6 is 0 Å². The fourth-order valence-electron chi connectivity index (χ4n) is 2.64. The summed E-state index contributed by atoms with van der Waals surface area (Å²) in [6.45, 7) is 0. The molecule has 0 bridgehead atoms. The van der Waals surface area contributed by atoms with E-state index >= 15 is 0 Å². The molecule has 2 aromatic carbocycles. The van der Waals surface area contributed by atoms with Gasteiger partial charge in [-0.3, -0.25) is 4.98 Å². The van der Waals surface area contributed by atoms with Crippen LogP contribution in [-0.4, -0.2) is 26.3 Å². The summed E-state index contributed by atoms with van der Waals surface area (Å²) in [5, 5.41) is 13.3. The van der Waals surface area contributed by atoms with Gasteiger partial charge in [-0.2, -0.15) is 5.26 Å². The Hall–Kier alpha value is -3.46. The first-order chi connectivity index (χ1) is 12.2. The molecule has 0 unspecified atom stereocenters. The molecule has 0 aliphatic heterocycles. The maximum Gasteiger partial charge on any atom is 0.203 e. The van der Waals surface area contributed by atoms with Gasteiger partial charge in [0.25, 0.3) is 0 Å². The number of benzene rings is 2. The Labute approximate surface area is 145 Å². The molecule has 3 aromatic rings. The summed E-state index contributed by atoms with van der Waals surface area (Å²) in [4.78, 5) is 4.33. The molecule has 0 saturated heterocycles. The Bertz CT molecular complexity index is 939. The lowest BCUT2D eigenvalue weighted by molar-refractivity contribution is 0.324. The number of pyridine rings is 1. The van der Waals surface area contributed by atoms with Gasteiger partial charge in [-0.05, 0) is 24.3 Å². The zero-order valence-electron chi connectivity index (χ0n) is 14.2. The second-order valence-electron chi connectivity index (χ2n) is 5.24. The second-order valence-corrected chi connectivity index (χ2v) is 5.24. The zero-order chi connectivity index (χ0) is 17.8. The van der Waals surface area contributed by atoms with Crippen LogP contribution in [0, 0.1) is 11.3 Å². The SMILES string of the molecule is COc1cc(Nc2ccnc3cc(C#N)ccc23)cc(OC)c1OC. The summed E-state index contributed by atoms with van der Waals surface area (Å²) in [6.07, 6.45) is 1.70. The van der Waals surface area contributed by atoms with Crippen LogP contribution in [0.5, 0.6) is 17.2 Å². The molecule has 0 spiro atoms. The van der Waals surface area contributed by atoms with E-state index in [1.54, 1.807) is 39.7 Å². The van der Waals surface area contributed by atoms with Crippen LogP contribution in [0.2, 0.25) is 0 Å². The third-order valence-corrected chi connectivity index (χ3v) is 3.82. The van der Waals surface area contributed by atoms with Crippen LogP contribution in [-0.2, 0) is 0 Å². The first-order valence-corrected chi connectivity index (χ1v) is 7.56. The Balaban J connectivity index is 2.06. The number of hydrogen-bond acceptors (Lipinski definition) is 6. The number of methoxy groups -OCH3 is 3. The first-order valence-electron chi connectivity index (χ1n) is 7.56. The summed E-state index contributed by atoms with van der Waals surface area (Å²) >= 11 is 0. The average Bonchev–Trinajstić information content (AvgIpc) is 2.66. The van der Waals surface area contributed by atoms with Crippen molar-refractivity contribution < 1.29 is 14.2 Å². The minimum atomic E-state index is 0.536. The fourth-order valence-corrected chi connectivity index (χ4v) is 2.64. The molecule has 0 radical (unpaired) electrons. The quantitative estimate of drug-likeness (QED) is 0.762. The Morgan fingerprint density at radius 2 is 1.68 bits per heavy atom. The lowest BCUT2D eigenvalue weighted by atomic mass is 10.1. The molecule has 6 heteroatoms. The van der Waals surface area contributed by atoms with Crippen molar-refractivity contribution in [3.63, 3.8) is 0 Å². The highest BCUT2D eigenvalue weighted by Gasteiger charge is 2.14. The molecule has 0 saturated carbocycles. The van der Waals surface area contributed by atoms with Gasteiger partial charge < -0.3 is 19.5 Å². The molecule has 0 fully saturated rings. The largest absolute Gasteiger partial charge is 0.493 e. The van der Waals surface area contributed by atoms with Crippen LogP contribution in [0.25, 0.3) is 10.9 Å². The van der Waals surface area contributed by atoms with E-state index in [9.17, 15) is 0 Å². The lowest BCUT2D eigenvalue weighted by Crippen LogP contribution is -1.98. The van der Waals surface area contributed by atoms with Crippen LogP contribution in [0.15, 0.2) is 42.6 Å². The summed E-state index contributed by atoms with van der Waals surface area (Å²) in [5.74, 6) is 1.66. The maximum absolute atomic E-state index is 9.03. The van der Waals surface area contributed by atoms with Crippen LogP contribution in [0.4, 0.5) is 11.4 Å². The highest BCUT2D eigenvalue weighted by atomic mass is 16.5. The minimum absolute atomic E-state index is 0.536. The van der Waals surface area contributed by atoms with Crippen molar-refractivity contribution in [2.45, 2.75) is 0 Å². The van der Waals surface area contributed by atoms with Crippen molar-refractivity contribution in [3.05, 3.63) is 48.2 Å². The van der Waals surface area contributed by atoms with Gasteiger partial charge in [0.1, 0.15) is 0 Å². The number of anilines is 2. The van der Waals surface area contributed by atoms with E-state index < -0.39 is 0 Å². The van der Waals surface area contributed by atoms with E-state index in [0.717, 1.165) is 22.3 Å². The second kappa shape index (κ2) is 6.97. The van der Waals surface area contributed by atoms with Gasteiger partial charge in [-0.1, -0.05) is 0 Å². The van der Waals surface area contributed by atoms with Crippen LogP contribution < -0.4 is 19.5 Å². The van der Waals surface area contributed by atoms with Crippen molar-refractivity contribution >= 4 is 22.3 Å². The topological polar surface area (TPSA) is 76.4 Å². The third-order valence-electron chi connectivity index (χ3n) is 3.82. The molecule has 3 rings (SSSR count). The van der Waals surface area contributed by atoms with Crippen LogP contribution in [0.1, 0.15) is 5.56 Å². The maximum atomic E-state index is 9.03. The number of fused-ring (bicyclic) bond motifs is 1. The monoisotopic (exact) mass is 335 g/mol. The van der Waals surface area contributed by atoms with Crippen molar-refractivity contribution in [1.82, 2.24) is 4.98 Å². The number of nitrogens with one attached hydrogen (secondary N) is 1. The van der Waals surface area contributed by atoms with Gasteiger partial charge in [0.05, 0.1) is 38.5 Å². The van der Waals surface area contributed by atoms with E-state index in [1.807, 2.05) is 24.3 Å². The van der Waals surface area contributed by atoms with Crippen molar-refractivity contribution in [3.8, 4) is 23.3 Å². The van der Waals surface area contributed by atoms with Crippen LogP contribution in [0.3, 0.4) is 0 Å². The number of nitriles is 1. The van der Waals surface area contributed by atoms with E-state index in [1.165, 1.54) is 0 Å². The average molecular weight is 335 g/mol. The summed E-state index contributed by atoms with van der Waals surface area (Å²) in [7, 11) is 4.72. The van der Waals surface area contributed by atoms with Gasteiger partial charge in [-0.25, -0.2) is 0 Å². The predicted octanol–water partition coefficient (Wildman–Crippen LogP) is 3.88. The molecule has 0 aliphatic carbocycles. The fraction of sp³-hybridized carbons (Fsp3) is 0.158. The van der Waals surface area contributed by atoms with Gasteiger partial charge in [-0.15, -0.1) is 0 Å². The third kappa shape index (κ3) is 3.12. The number of rotatable bonds is 5. The normalized spacial score (nSPS) is 10.2. The zero-order valence-corrected chi connectivity index (χ0v) is 14.2. The standard InChI is InChI=1S/C19H17N3O3/c1-23-17-9-13(10-18(24-2)19(17)25-3)22-15-6-7-21-16-8-12(11-20)4-5-14(15)16/h4-10H,1-3H3,(H,21,22). The lowest BCUT2D eigenvalue weighted by Gasteiger charge is -2.16. The van der Waals surface area contributed by atoms with E-state index in [2.05, 4.69) is 16.4 Å². The van der Waals surface area contributed by atoms with E-state index in [0.29, 0.717) is 22.8 Å². The van der Waals surface area contributed by atoms with Gasteiger partial charge in [0, 0.05) is 35.1 Å².